The Balaban J connectivity index is 1.92. The van der Waals surface area contributed by atoms with Gasteiger partial charge in [-0.2, -0.15) is 0 Å². The Morgan fingerprint density at radius 3 is 2.84 bits per heavy atom. The molecule has 0 aromatic heterocycles. The van der Waals surface area contributed by atoms with Gasteiger partial charge in [-0.3, -0.25) is 4.79 Å². The van der Waals surface area contributed by atoms with E-state index in [1.807, 2.05) is 11.9 Å². The summed E-state index contributed by atoms with van der Waals surface area (Å²) in [6, 6.07) is 6.42. The first-order chi connectivity index (χ1) is 9.06. The average molecular weight is 260 g/mol. The second-order valence-electron chi connectivity index (χ2n) is 5.74. The van der Waals surface area contributed by atoms with Crippen LogP contribution in [0.2, 0.25) is 0 Å². The predicted octanol–water partition coefficient (Wildman–Crippen LogP) is 2.26. The monoisotopic (exact) mass is 260 g/mol. The SMILES string of the molecule is Cc1ccc(CN(C)C(=O)CC2CCNC2)c(C)c1. The van der Waals surface area contributed by atoms with Crippen LogP contribution in [0.1, 0.15) is 29.5 Å². The Labute approximate surface area is 116 Å². The van der Waals surface area contributed by atoms with E-state index < -0.39 is 0 Å². The largest absolute Gasteiger partial charge is 0.341 e. The van der Waals surface area contributed by atoms with E-state index in [4.69, 9.17) is 0 Å². The predicted molar refractivity (Wildman–Crippen MR) is 78.0 cm³/mol. The molecule has 1 saturated heterocycles. The molecule has 0 spiro atoms. The van der Waals surface area contributed by atoms with Crippen molar-refractivity contribution in [1.29, 1.82) is 0 Å². The van der Waals surface area contributed by atoms with Gasteiger partial charge in [0.2, 0.25) is 5.91 Å². The van der Waals surface area contributed by atoms with Gasteiger partial charge in [0.1, 0.15) is 0 Å². The maximum atomic E-state index is 12.2. The second kappa shape index (κ2) is 6.20. The Morgan fingerprint density at radius 1 is 1.42 bits per heavy atom. The molecule has 0 radical (unpaired) electrons. The molecular weight excluding hydrogens is 236 g/mol. The van der Waals surface area contributed by atoms with Crippen LogP contribution in [0.5, 0.6) is 0 Å². The van der Waals surface area contributed by atoms with Gasteiger partial charge in [0, 0.05) is 20.0 Å². The number of nitrogens with one attached hydrogen (secondary N) is 1. The van der Waals surface area contributed by atoms with Crippen molar-refractivity contribution in [2.75, 3.05) is 20.1 Å². The zero-order valence-electron chi connectivity index (χ0n) is 12.2. The summed E-state index contributed by atoms with van der Waals surface area (Å²) in [7, 11) is 1.91. The fraction of sp³-hybridized carbons (Fsp3) is 0.562. The van der Waals surface area contributed by atoms with Gasteiger partial charge in [0.15, 0.2) is 0 Å². The van der Waals surface area contributed by atoms with Gasteiger partial charge in [-0.05, 0) is 50.4 Å². The lowest BCUT2D eigenvalue weighted by Crippen LogP contribution is -2.28. The molecule has 0 bridgehead atoms. The van der Waals surface area contributed by atoms with Crippen LogP contribution < -0.4 is 5.32 Å². The molecule has 3 heteroatoms. The number of hydrogen-bond acceptors (Lipinski definition) is 2. The summed E-state index contributed by atoms with van der Waals surface area (Å²) in [6.07, 6.45) is 1.80. The minimum atomic E-state index is 0.258. The average Bonchev–Trinajstić information content (AvgIpc) is 2.85. The van der Waals surface area contributed by atoms with Gasteiger partial charge in [-0.1, -0.05) is 23.8 Å². The third-order valence-corrected chi connectivity index (χ3v) is 3.96. The highest BCUT2D eigenvalue weighted by Gasteiger charge is 2.20. The molecule has 2 rings (SSSR count). The van der Waals surface area contributed by atoms with Gasteiger partial charge in [0.25, 0.3) is 0 Å². The third-order valence-electron chi connectivity index (χ3n) is 3.96. The van der Waals surface area contributed by atoms with Crippen molar-refractivity contribution in [3.05, 3.63) is 34.9 Å². The summed E-state index contributed by atoms with van der Waals surface area (Å²) in [5, 5.41) is 3.31. The molecule has 1 aromatic carbocycles. The Bertz CT molecular complexity index is 450. The highest BCUT2D eigenvalue weighted by Crippen LogP contribution is 2.16. The fourth-order valence-corrected chi connectivity index (χ4v) is 2.66. The summed E-state index contributed by atoms with van der Waals surface area (Å²) >= 11 is 0. The van der Waals surface area contributed by atoms with Crippen molar-refractivity contribution < 1.29 is 4.79 Å². The molecule has 1 aliphatic rings. The zero-order valence-corrected chi connectivity index (χ0v) is 12.2. The number of benzene rings is 1. The van der Waals surface area contributed by atoms with Crippen LogP contribution >= 0.6 is 0 Å². The van der Waals surface area contributed by atoms with Crippen molar-refractivity contribution >= 4 is 5.91 Å². The van der Waals surface area contributed by atoms with E-state index in [1.165, 1.54) is 16.7 Å². The minimum absolute atomic E-state index is 0.258. The molecule has 1 amide bonds. The van der Waals surface area contributed by atoms with E-state index in [1.54, 1.807) is 0 Å². The molecule has 1 unspecified atom stereocenters. The maximum absolute atomic E-state index is 12.2. The van der Waals surface area contributed by atoms with Crippen LogP contribution in [-0.4, -0.2) is 30.9 Å². The van der Waals surface area contributed by atoms with Crippen molar-refractivity contribution in [1.82, 2.24) is 10.2 Å². The summed E-state index contributed by atoms with van der Waals surface area (Å²) in [5.41, 5.74) is 3.78. The smallest absolute Gasteiger partial charge is 0.222 e. The van der Waals surface area contributed by atoms with E-state index in [2.05, 4.69) is 37.4 Å². The van der Waals surface area contributed by atoms with Gasteiger partial charge in [-0.15, -0.1) is 0 Å². The minimum Gasteiger partial charge on any atom is -0.341 e. The molecule has 3 nitrogen and oxygen atoms in total. The standard InChI is InChI=1S/C16H24N2O/c1-12-4-5-15(13(2)8-12)11-18(3)16(19)9-14-6-7-17-10-14/h4-5,8,14,17H,6-7,9-11H2,1-3H3. The van der Waals surface area contributed by atoms with Crippen molar-refractivity contribution in [3.8, 4) is 0 Å². The van der Waals surface area contributed by atoms with Crippen molar-refractivity contribution in [2.24, 2.45) is 5.92 Å². The van der Waals surface area contributed by atoms with Crippen molar-refractivity contribution in [3.63, 3.8) is 0 Å². The van der Waals surface area contributed by atoms with Crippen LogP contribution in [0.15, 0.2) is 18.2 Å². The van der Waals surface area contributed by atoms with Gasteiger partial charge >= 0.3 is 0 Å². The third kappa shape index (κ3) is 3.80. The van der Waals surface area contributed by atoms with Crippen LogP contribution in [-0.2, 0) is 11.3 Å². The molecule has 104 valence electrons. The van der Waals surface area contributed by atoms with Crippen LogP contribution in [0, 0.1) is 19.8 Å². The molecule has 1 atom stereocenters. The van der Waals surface area contributed by atoms with Crippen LogP contribution in [0.4, 0.5) is 0 Å². The second-order valence-corrected chi connectivity index (χ2v) is 5.74. The fourth-order valence-electron chi connectivity index (χ4n) is 2.66. The van der Waals surface area contributed by atoms with E-state index in [0.717, 1.165) is 19.5 Å². The quantitative estimate of drug-likeness (QED) is 0.900. The Morgan fingerprint density at radius 2 is 2.21 bits per heavy atom. The number of aryl methyl sites for hydroxylation is 2. The lowest BCUT2D eigenvalue weighted by Gasteiger charge is -2.20. The molecule has 1 N–H and O–H groups in total. The molecule has 1 aromatic rings. The van der Waals surface area contributed by atoms with Gasteiger partial charge in [0.05, 0.1) is 0 Å². The first kappa shape index (κ1) is 14.1. The number of amides is 1. The molecule has 1 fully saturated rings. The highest BCUT2D eigenvalue weighted by atomic mass is 16.2. The number of carbonyl (C=O) groups excluding carboxylic acids is 1. The summed E-state index contributed by atoms with van der Waals surface area (Å²) in [4.78, 5) is 14.0. The normalized spacial score (nSPS) is 18.6. The van der Waals surface area contributed by atoms with Crippen LogP contribution in [0.3, 0.4) is 0 Å². The lowest BCUT2D eigenvalue weighted by molar-refractivity contribution is -0.131. The first-order valence-electron chi connectivity index (χ1n) is 7.07. The summed E-state index contributed by atoms with van der Waals surface area (Å²) < 4.78 is 0. The number of carbonyl (C=O) groups is 1. The summed E-state index contributed by atoms with van der Waals surface area (Å²) in [5.74, 6) is 0.780. The highest BCUT2D eigenvalue weighted by molar-refractivity contribution is 5.76. The molecule has 19 heavy (non-hydrogen) atoms. The molecule has 0 aliphatic carbocycles. The van der Waals surface area contributed by atoms with Crippen LogP contribution in [0.25, 0.3) is 0 Å². The zero-order chi connectivity index (χ0) is 13.8. The van der Waals surface area contributed by atoms with Gasteiger partial charge < -0.3 is 10.2 Å². The Kier molecular flexibility index (Phi) is 4.59. The Hall–Kier alpha value is -1.35. The number of hydrogen-bond donors (Lipinski definition) is 1. The molecule has 1 aliphatic heterocycles. The number of rotatable bonds is 4. The first-order valence-corrected chi connectivity index (χ1v) is 7.07. The molecule has 1 heterocycles. The summed E-state index contributed by atoms with van der Waals surface area (Å²) in [6.45, 7) is 6.97. The van der Waals surface area contributed by atoms with E-state index in [0.29, 0.717) is 18.9 Å². The topological polar surface area (TPSA) is 32.3 Å². The maximum Gasteiger partial charge on any atom is 0.222 e. The van der Waals surface area contributed by atoms with E-state index >= 15 is 0 Å². The van der Waals surface area contributed by atoms with Gasteiger partial charge in [-0.25, -0.2) is 0 Å². The molecular formula is C16H24N2O. The van der Waals surface area contributed by atoms with Crippen molar-refractivity contribution in [2.45, 2.75) is 33.2 Å². The van der Waals surface area contributed by atoms with E-state index in [9.17, 15) is 4.79 Å². The van der Waals surface area contributed by atoms with E-state index in [-0.39, 0.29) is 5.91 Å². The number of nitrogens with zero attached hydrogens (tertiary/aromatic N) is 1. The molecule has 0 saturated carbocycles. The lowest BCUT2D eigenvalue weighted by atomic mass is 10.0.